The summed E-state index contributed by atoms with van der Waals surface area (Å²) in [6, 6.07) is 9.73. The first-order valence-electron chi connectivity index (χ1n) is 13.0. The summed E-state index contributed by atoms with van der Waals surface area (Å²) in [5.74, 6) is -2.99. The number of amides is 2. The maximum absolute atomic E-state index is 13.7. The van der Waals surface area contributed by atoms with Crippen molar-refractivity contribution in [3.8, 4) is 0 Å². The van der Waals surface area contributed by atoms with Crippen LogP contribution in [0.1, 0.15) is 72.5 Å². The quantitative estimate of drug-likeness (QED) is 0.574. The van der Waals surface area contributed by atoms with Crippen molar-refractivity contribution in [1.82, 2.24) is 15.2 Å². The third-order valence-corrected chi connectivity index (χ3v) is 8.13. The molecule has 2 aliphatic carbocycles. The van der Waals surface area contributed by atoms with Gasteiger partial charge in [-0.1, -0.05) is 37.5 Å². The van der Waals surface area contributed by atoms with E-state index in [0.29, 0.717) is 18.4 Å². The van der Waals surface area contributed by atoms with E-state index in [1.54, 1.807) is 24.3 Å². The van der Waals surface area contributed by atoms with Gasteiger partial charge >= 0.3 is 5.97 Å². The molecule has 3 N–H and O–H groups in total. The molecule has 1 aromatic carbocycles. The number of benzene rings is 1. The molecule has 2 unspecified atom stereocenters. The van der Waals surface area contributed by atoms with E-state index in [1.165, 1.54) is 0 Å². The van der Waals surface area contributed by atoms with Gasteiger partial charge in [-0.05, 0) is 55.4 Å². The number of nitrogens with zero attached hydrogens (tertiary/aromatic N) is 1. The summed E-state index contributed by atoms with van der Waals surface area (Å²) in [4.78, 5) is 51.8. The van der Waals surface area contributed by atoms with Crippen molar-refractivity contribution in [2.75, 3.05) is 0 Å². The number of hydrogen-bond acceptors (Lipinski definition) is 4. The van der Waals surface area contributed by atoms with E-state index >= 15 is 0 Å². The highest BCUT2D eigenvalue weighted by atomic mass is 16.4. The number of aliphatic carboxylic acids is 1. The third kappa shape index (κ3) is 4.81. The van der Waals surface area contributed by atoms with E-state index in [4.69, 9.17) is 0 Å². The number of hydrogen-bond donors (Lipinski definition) is 3. The van der Waals surface area contributed by atoms with Crippen molar-refractivity contribution in [3.05, 3.63) is 59.4 Å². The number of aromatic nitrogens is 1. The van der Waals surface area contributed by atoms with Crippen molar-refractivity contribution in [2.45, 2.75) is 75.9 Å². The van der Waals surface area contributed by atoms with Gasteiger partial charge in [0, 0.05) is 36.5 Å². The minimum atomic E-state index is -0.981. The van der Waals surface area contributed by atoms with Crippen LogP contribution < -0.4 is 10.6 Å². The highest BCUT2D eigenvalue weighted by molar-refractivity contribution is 5.98. The number of carboxylic acid groups (broad SMARTS) is 1. The lowest BCUT2D eigenvalue weighted by Crippen LogP contribution is -2.55. The van der Waals surface area contributed by atoms with Gasteiger partial charge in [-0.2, -0.15) is 0 Å². The Labute approximate surface area is 210 Å². The van der Waals surface area contributed by atoms with E-state index < -0.39 is 29.9 Å². The largest absolute Gasteiger partial charge is 0.481 e. The number of carboxylic acids is 1. The molecule has 8 nitrogen and oxygen atoms in total. The Morgan fingerprint density at radius 1 is 1.00 bits per heavy atom. The number of nitrogens with one attached hydrogen (secondary N) is 2. The summed E-state index contributed by atoms with van der Waals surface area (Å²) in [7, 11) is 0. The molecule has 0 bridgehead atoms. The Balaban J connectivity index is 1.38. The molecule has 8 heteroatoms. The van der Waals surface area contributed by atoms with E-state index in [-0.39, 0.29) is 36.5 Å². The van der Waals surface area contributed by atoms with Crippen LogP contribution in [0.3, 0.4) is 0 Å². The van der Waals surface area contributed by atoms with Crippen LogP contribution in [0, 0.1) is 11.8 Å². The number of rotatable bonds is 6. The zero-order chi connectivity index (χ0) is 25.2. The lowest BCUT2D eigenvalue weighted by atomic mass is 9.78. The smallest absolute Gasteiger partial charge is 0.308 e. The Morgan fingerprint density at radius 2 is 1.75 bits per heavy atom. The van der Waals surface area contributed by atoms with Crippen molar-refractivity contribution < 1.29 is 24.3 Å². The zero-order valence-electron chi connectivity index (χ0n) is 20.3. The van der Waals surface area contributed by atoms with Gasteiger partial charge in [-0.15, -0.1) is 0 Å². The minimum Gasteiger partial charge on any atom is -0.481 e. The monoisotopic (exact) mass is 491 g/mol. The molecule has 36 heavy (non-hydrogen) atoms. The predicted molar refractivity (Wildman–Crippen MR) is 132 cm³/mol. The summed E-state index contributed by atoms with van der Waals surface area (Å²) in [6.45, 7) is 0.255. The molecule has 0 spiro atoms. The molecule has 0 saturated heterocycles. The van der Waals surface area contributed by atoms with Gasteiger partial charge in [0.15, 0.2) is 0 Å². The van der Waals surface area contributed by atoms with Gasteiger partial charge in [0.25, 0.3) is 5.91 Å². The summed E-state index contributed by atoms with van der Waals surface area (Å²) in [5.41, 5.74) is 2.39. The molecule has 0 radical (unpaired) electrons. The first kappa shape index (κ1) is 24.3. The van der Waals surface area contributed by atoms with Crippen LogP contribution in [0.25, 0.3) is 0 Å². The van der Waals surface area contributed by atoms with Gasteiger partial charge in [-0.25, -0.2) is 0 Å². The van der Waals surface area contributed by atoms with E-state index in [0.717, 1.165) is 43.4 Å². The SMILES string of the molecule is O=C(NC(C(=O)N[C@H]1CCc2ccn3c2C1C(=O)C[C@H](C(=O)O)C3)C1CCCCC1)c1ccccc1. The molecular weight excluding hydrogens is 458 g/mol. The summed E-state index contributed by atoms with van der Waals surface area (Å²) in [6.07, 6.45) is 8.02. The van der Waals surface area contributed by atoms with Crippen LogP contribution in [-0.4, -0.2) is 45.3 Å². The molecular formula is C28H33N3O5. The molecule has 190 valence electrons. The first-order chi connectivity index (χ1) is 17.4. The van der Waals surface area contributed by atoms with Crippen LogP contribution in [0.15, 0.2) is 42.6 Å². The standard InChI is InChI=1S/C28H33N3O5/c32-22-15-20(28(35)36)16-31-14-13-18-11-12-21(23(22)25(18)31)29-27(34)24(17-7-3-1-4-8-17)30-26(33)19-9-5-2-6-10-19/h2,5-6,9-10,13-14,17,20-21,23-24H,1,3-4,7-8,11-12,15-16H2,(H,29,34)(H,30,33)(H,35,36)/t20-,21-,23?,24?/m0/s1. The fourth-order valence-electron chi connectivity index (χ4n) is 6.27. The average molecular weight is 492 g/mol. The Kier molecular flexibility index (Phi) is 6.94. The van der Waals surface area contributed by atoms with E-state index in [9.17, 15) is 24.3 Å². The number of carbonyl (C=O) groups is 4. The van der Waals surface area contributed by atoms with Gasteiger partial charge < -0.3 is 20.3 Å². The second kappa shape index (κ2) is 10.3. The molecule has 1 aromatic heterocycles. The van der Waals surface area contributed by atoms with Gasteiger partial charge in [0.05, 0.1) is 11.8 Å². The molecule has 2 aromatic rings. The normalized spacial score (nSPS) is 24.8. The molecule has 1 fully saturated rings. The van der Waals surface area contributed by atoms with Crippen molar-refractivity contribution >= 4 is 23.6 Å². The van der Waals surface area contributed by atoms with Crippen molar-refractivity contribution in [2.24, 2.45) is 11.8 Å². The van der Waals surface area contributed by atoms with Gasteiger partial charge in [0.2, 0.25) is 5.91 Å². The second-order valence-electron chi connectivity index (χ2n) is 10.4. The lowest BCUT2D eigenvalue weighted by Gasteiger charge is -2.35. The molecule has 4 atom stereocenters. The van der Waals surface area contributed by atoms with E-state index in [2.05, 4.69) is 10.6 Å². The van der Waals surface area contributed by atoms with Crippen LogP contribution in [-0.2, 0) is 27.3 Å². The second-order valence-corrected chi connectivity index (χ2v) is 10.4. The van der Waals surface area contributed by atoms with E-state index in [1.807, 2.05) is 22.9 Å². The molecule has 1 aliphatic heterocycles. The summed E-state index contributed by atoms with van der Waals surface area (Å²) in [5, 5.41) is 15.7. The highest BCUT2D eigenvalue weighted by Gasteiger charge is 2.43. The zero-order valence-corrected chi connectivity index (χ0v) is 20.3. The van der Waals surface area contributed by atoms with Crippen LogP contribution in [0.4, 0.5) is 0 Å². The van der Waals surface area contributed by atoms with Gasteiger partial charge in [-0.3, -0.25) is 19.2 Å². The predicted octanol–water partition coefficient (Wildman–Crippen LogP) is 3.06. The average Bonchev–Trinajstić information content (AvgIpc) is 3.22. The van der Waals surface area contributed by atoms with Crippen LogP contribution in [0.5, 0.6) is 0 Å². The topological polar surface area (TPSA) is 118 Å². The van der Waals surface area contributed by atoms with Crippen molar-refractivity contribution in [3.63, 3.8) is 0 Å². The molecule has 2 heterocycles. The minimum absolute atomic E-state index is 0.0376. The molecule has 5 rings (SSSR count). The fraction of sp³-hybridized carbons (Fsp3) is 0.500. The molecule has 2 amide bonds. The highest BCUT2D eigenvalue weighted by Crippen LogP contribution is 2.38. The Morgan fingerprint density at radius 3 is 2.47 bits per heavy atom. The number of Topliss-reactive ketones (excluding diaryl/α,β-unsaturated/α-hetero) is 1. The third-order valence-electron chi connectivity index (χ3n) is 8.13. The molecule has 3 aliphatic rings. The van der Waals surface area contributed by atoms with Crippen LogP contribution in [0.2, 0.25) is 0 Å². The van der Waals surface area contributed by atoms with Crippen molar-refractivity contribution in [1.29, 1.82) is 0 Å². The maximum Gasteiger partial charge on any atom is 0.308 e. The molecule has 1 saturated carbocycles. The first-order valence-corrected chi connectivity index (χ1v) is 13.0. The summed E-state index contributed by atoms with van der Waals surface area (Å²) >= 11 is 0. The Hall–Kier alpha value is -3.42. The Bertz CT molecular complexity index is 1150. The lowest BCUT2D eigenvalue weighted by molar-refractivity contribution is -0.144. The van der Waals surface area contributed by atoms with Crippen LogP contribution >= 0.6 is 0 Å². The summed E-state index contributed by atoms with van der Waals surface area (Å²) < 4.78 is 1.89. The number of aryl methyl sites for hydroxylation is 1. The fourth-order valence-corrected chi connectivity index (χ4v) is 6.27. The number of ketones is 1. The number of carbonyl (C=O) groups excluding carboxylic acids is 3. The maximum atomic E-state index is 13.7. The van der Waals surface area contributed by atoms with Gasteiger partial charge in [0.1, 0.15) is 11.8 Å².